The Hall–Kier alpha value is -2.85. The third-order valence-electron chi connectivity index (χ3n) is 5.92. The number of H-pyrrole nitrogens is 1. The van der Waals surface area contributed by atoms with E-state index in [0.717, 1.165) is 46.4 Å². The van der Waals surface area contributed by atoms with Gasteiger partial charge < -0.3 is 9.88 Å². The van der Waals surface area contributed by atoms with Crippen molar-refractivity contribution in [3.05, 3.63) is 64.8 Å². The molecule has 1 aromatic heterocycles. The number of para-hydroxylation sites is 1. The number of aromatic amines is 1. The van der Waals surface area contributed by atoms with Crippen LogP contribution in [0, 0.1) is 13.8 Å². The molecule has 2 aromatic carbocycles. The van der Waals surface area contributed by atoms with Gasteiger partial charge in [-0.15, -0.1) is 0 Å². The van der Waals surface area contributed by atoms with Crippen LogP contribution >= 0.6 is 0 Å². The second-order valence-corrected chi connectivity index (χ2v) is 9.76. The van der Waals surface area contributed by atoms with Gasteiger partial charge in [0.2, 0.25) is 10.0 Å². The van der Waals surface area contributed by atoms with E-state index in [4.69, 9.17) is 0 Å². The van der Waals surface area contributed by atoms with E-state index in [1.807, 2.05) is 26.0 Å². The third kappa shape index (κ3) is 3.88. The third-order valence-corrected chi connectivity index (χ3v) is 7.83. The van der Waals surface area contributed by atoms with E-state index in [9.17, 15) is 26.4 Å². The van der Waals surface area contributed by atoms with Gasteiger partial charge in [0.25, 0.3) is 5.91 Å². The van der Waals surface area contributed by atoms with Gasteiger partial charge in [0.15, 0.2) is 0 Å². The molecule has 10 heteroatoms. The number of nitrogens with one attached hydrogen (secondary N) is 1. The lowest BCUT2D eigenvalue weighted by Crippen LogP contribution is -2.50. The fourth-order valence-electron chi connectivity index (χ4n) is 3.93. The Balaban J connectivity index is 1.49. The Bertz CT molecular complexity index is 1270. The summed E-state index contributed by atoms with van der Waals surface area (Å²) < 4.78 is 65.1. The summed E-state index contributed by atoms with van der Waals surface area (Å²) in [5.74, 6) is -0.191. The highest BCUT2D eigenvalue weighted by Crippen LogP contribution is 2.30. The van der Waals surface area contributed by atoms with E-state index in [2.05, 4.69) is 4.98 Å². The fourth-order valence-corrected chi connectivity index (χ4v) is 5.35. The van der Waals surface area contributed by atoms with Gasteiger partial charge in [-0.3, -0.25) is 4.79 Å². The van der Waals surface area contributed by atoms with Crippen LogP contribution in [-0.4, -0.2) is 54.7 Å². The summed E-state index contributed by atoms with van der Waals surface area (Å²) >= 11 is 0. The molecule has 1 aliphatic rings. The molecule has 0 unspecified atom stereocenters. The zero-order valence-electron chi connectivity index (χ0n) is 17.5. The number of rotatable bonds is 3. The van der Waals surface area contributed by atoms with E-state index in [-0.39, 0.29) is 37.0 Å². The van der Waals surface area contributed by atoms with Crippen molar-refractivity contribution < 1.29 is 26.4 Å². The van der Waals surface area contributed by atoms with Crippen molar-refractivity contribution in [1.82, 2.24) is 14.2 Å². The highest BCUT2D eigenvalue weighted by Gasteiger charge is 2.33. The number of carbonyl (C=O) groups excluding carboxylic acids is 1. The van der Waals surface area contributed by atoms with Gasteiger partial charge in [0.1, 0.15) is 0 Å². The van der Waals surface area contributed by atoms with E-state index in [1.54, 1.807) is 11.0 Å². The molecule has 32 heavy (non-hydrogen) atoms. The number of amides is 1. The van der Waals surface area contributed by atoms with Crippen LogP contribution in [0.25, 0.3) is 10.9 Å². The molecule has 4 rings (SSSR count). The number of alkyl halides is 3. The first-order valence-electron chi connectivity index (χ1n) is 10.0. The van der Waals surface area contributed by atoms with Gasteiger partial charge >= 0.3 is 6.18 Å². The minimum absolute atomic E-state index is 0.0633. The standard InChI is InChI=1S/C22H22F3N3O3S/c1-14-15(2)26-20-18(14)4-3-5-19(20)21(29)27-10-12-28(13-11-27)32(30,31)17-8-6-16(7-9-17)22(23,24)25/h3-9,26H,10-13H2,1-2H3. The number of halogens is 3. The number of fused-ring (bicyclic) bond motifs is 1. The smallest absolute Gasteiger partial charge is 0.358 e. The van der Waals surface area contributed by atoms with E-state index in [0.29, 0.717) is 5.56 Å². The van der Waals surface area contributed by atoms with Crippen molar-refractivity contribution in [2.75, 3.05) is 26.2 Å². The summed E-state index contributed by atoms with van der Waals surface area (Å²) in [5, 5.41) is 0.969. The second-order valence-electron chi connectivity index (χ2n) is 7.82. The number of sulfonamides is 1. The summed E-state index contributed by atoms with van der Waals surface area (Å²) in [6.07, 6.45) is -4.53. The quantitative estimate of drug-likeness (QED) is 0.637. The van der Waals surface area contributed by atoms with Crippen molar-refractivity contribution in [3.63, 3.8) is 0 Å². The number of carbonyl (C=O) groups is 1. The first-order chi connectivity index (χ1) is 15.0. The molecule has 1 aliphatic heterocycles. The molecular formula is C22H22F3N3O3S. The first-order valence-corrected chi connectivity index (χ1v) is 11.5. The van der Waals surface area contributed by atoms with Crippen molar-refractivity contribution in [2.24, 2.45) is 0 Å². The summed E-state index contributed by atoms with van der Waals surface area (Å²) in [4.78, 5) is 17.8. The normalized spacial score (nSPS) is 16.0. The SMILES string of the molecule is Cc1[nH]c2c(C(=O)N3CCN(S(=O)(=O)c4ccc(C(F)(F)F)cc4)CC3)cccc2c1C. The van der Waals surface area contributed by atoms with Gasteiger partial charge in [0.05, 0.1) is 21.5 Å². The molecule has 0 radical (unpaired) electrons. The number of aryl methyl sites for hydroxylation is 2. The molecule has 0 saturated carbocycles. The molecule has 1 saturated heterocycles. The van der Waals surface area contributed by atoms with Crippen LogP contribution in [0.2, 0.25) is 0 Å². The molecule has 2 heterocycles. The Morgan fingerprint density at radius 1 is 0.969 bits per heavy atom. The number of piperazine rings is 1. The van der Waals surface area contributed by atoms with Crippen molar-refractivity contribution in [3.8, 4) is 0 Å². The largest absolute Gasteiger partial charge is 0.416 e. The van der Waals surface area contributed by atoms with Gasteiger partial charge in [0, 0.05) is 37.3 Å². The van der Waals surface area contributed by atoms with Crippen LogP contribution in [0.1, 0.15) is 27.2 Å². The summed E-state index contributed by atoms with van der Waals surface area (Å²) in [6, 6.07) is 8.95. The monoisotopic (exact) mass is 465 g/mol. The molecule has 0 bridgehead atoms. The number of nitrogens with zero attached hydrogens (tertiary/aromatic N) is 2. The van der Waals surface area contributed by atoms with Crippen molar-refractivity contribution >= 4 is 26.8 Å². The topological polar surface area (TPSA) is 73.5 Å². The Labute approximate surface area is 183 Å². The lowest BCUT2D eigenvalue weighted by atomic mass is 10.1. The van der Waals surface area contributed by atoms with E-state index in [1.165, 1.54) is 4.31 Å². The van der Waals surface area contributed by atoms with Crippen LogP contribution in [0.5, 0.6) is 0 Å². The molecule has 1 amide bonds. The van der Waals surface area contributed by atoms with Crippen LogP contribution in [0.3, 0.4) is 0 Å². The molecule has 6 nitrogen and oxygen atoms in total. The second kappa shape index (κ2) is 7.93. The maximum Gasteiger partial charge on any atom is 0.416 e. The number of aromatic nitrogens is 1. The van der Waals surface area contributed by atoms with Gasteiger partial charge in [-0.05, 0) is 49.7 Å². The van der Waals surface area contributed by atoms with Gasteiger partial charge in [-0.2, -0.15) is 17.5 Å². The van der Waals surface area contributed by atoms with Crippen molar-refractivity contribution in [2.45, 2.75) is 24.9 Å². The molecule has 3 aromatic rings. The summed E-state index contributed by atoms with van der Waals surface area (Å²) in [7, 11) is -3.95. The predicted octanol–water partition coefficient (Wildman–Crippen LogP) is 3.95. The number of benzene rings is 2. The molecule has 0 aliphatic carbocycles. The van der Waals surface area contributed by atoms with E-state index >= 15 is 0 Å². The average Bonchev–Trinajstić information content (AvgIpc) is 3.06. The van der Waals surface area contributed by atoms with Gasteiger partial charge in [-0.25, -0.2) is 8.42 Å². The minimum atomic E-state index is -4.53. The summed E-state index contributed by atoms with van der Waals surface area (Å²) in [5.41, 5.74) is 2.43. The van der Waals surface area contributed by atoms with Crippen LogP contribution in [0.4, 0.5) is 13.2 Å². The number of hydrogen-bond donors (Lipinski definition) is 1. The van der Waals surface area contributed by atoms with E-state index < -0.39 is 21.8 Å². The zero-order valence-corrected chi connectivity index (χ0v) is 18.3. The maximum absolute atomic E-state index is 13.1. The maximum atomic E-state index is 13.1. The van der Waals surface area contributed by atoms with Crippen LogP contribution in [0.15, 0.2) is 47.4 Å². The molecule has 1 N–H and O–H groups in total. The number of hydrogen-bond acceptors (Lipinski definition) is 3. The minimum Gasteiger partial charge on any atom is -0.358 e. The zero-order chi connectivity index (χ0) is 23.3. The lowest BCUT2D eigenvalue weighted by molar-refractivity contribution is -0.137. The Morgan fingerprint density at radius 2 is 1.59 bits per heavy atom. The fraction of sp³-hybridized carbons (Fsp3) is 0.318. The molecule has 1 fully saturated rings. The first kappa shape index (κ1) is 22.3. The average molecular weight is 465 g/mol. The Morgan fingerprint density at radius 3 is 2.19 bits per heavy atom. The highest BCUT2D eigenvalue weighted by atomic mass is 32.2. The Kier molecular flexibility index (Phi) is 5.54. The van der Waals surface area contributed by atoms with Crippen LogP contribution < -0.4 is 0 Å². The molecular weight excluding hydrogens is 443 g/mol. The predicted molar refractivity (Wildman–Crippen MR) is 114 cm³/mol. The highest BCUT2D eigenvalue weighted by molar-refractivity contribution is 7.89. The van der Waals surface area contributed by atoms with Gasteiger partial charge in [-0.1, -0.05) is 12.1 Å². The molecule has 170 valence electrons. The van der Waals surface area contributed by atoms with Crippen molar-refractivity contribution in [1.29, 1.82) is 0 Å². The lowest BCUT2D eigenvalue weighted by Gasteiger charge is -2.34. The molecule has 0 atom stereocenters. The molecule has 0 spiro atoms. The summed E-state index contributed by atoms with van der Waals surface area (Å²) in [6.45, 7) is 4.42. The van der Waals surface area contributed by atoms with Crippen LogP contribution in [-0.2, 0) is 16.2 Å².